The number of nitrogens with two attached hydrogens (primary N) is 1. The number of nitrogen functional groups attached to an aromatic ring is 1. The van der Waals surface area contributed by atoms with Crippen molar-refractivity contribution in [3.05, 3.63) is 36.0 Å². The maximum absolute atomic E-state index is 5.84. The Morgan fingerprint density at radius 2 is 2.22 bits per heavy atom. The van der Waals surface area contributed by atoms with E-state index >= 15 is 0 Å². The number of fused-ring (bicyclic) bond motifs is 1. The van der Waals surface area contributed by atoms with Crippen molar-refractivity contribution in [2.24, 2.45) is 7.05 Å². The lowest BCUT2D eigenvalue weighted by Gasteiger charge is -1.99. The smallest absolute Gasteiger partial charge is 0.121 e. The lowest BCUT2D eigenvalue weighted by atomic mass is 10.1. The minimum atomic E-state index is 0.672. The molecule has 4 nitrogen and oxygen atoms in total. The second kappa shape index (κ2) is 3.91. The summed E-state index contributed by atoms with van der Waals surface area (Å²) in [5, 5.41) is 5.63. The molecular formula is C14H16N4. The van der Waals surface area contributed by atoms with Crippen molar-refractivity contribution >= 4 is 16.7 Å². The van der Waals surface area contributed by atoms with Crippen molar-refractivity contribution in [3.8, 4) is 11.3 Å². The molecule has 18 heavy (non-hydrogen) atoms. The quantitative estimate of drug-likeness (QED) is 0.723. The van der Waals surface area contributed by atoms with Gasteiger partial charge in [0.15, 0.2) is 0 Å². The van der Waals surface area contributed by atoms with Crippen LogP contribution in [-0.4, -0.2) is 14.8 Å². The first-order valence-electron chi connectivity index (χ1n) is 6.09. The van der Waals surface area contributed by atoms with Gasteiger partial charge >= 0.3 is 0 Å². The number of H-pyrrole nitrogens is 1. The number of aromatic nitrogens is 3. The number of nitrogens with one attached hydrogen (secondary N) is 1. The van der Waals surface area contributed by atoms with Gasteiger partial charge in [-0.15, -0.1) is 0 Å². The summed E-state index contributed by atoms with van der Waals surface area (Å²) in [5.41, 5.74) is 10.4. The molecule has 1 aromatic carbocycles. The highest BCUT2D eigenvalue weighted by Gasteiger charge is 2.11. The Kier molecular flexibility index (Phi) is 2.37. The van der Waals surface area contributed by atoms with E-state index in [4.69, 9.17) is 5.73 Å². The van der Waals surface area contributed by atoms with E-state index in [0.29, 0.717) is 5.82 Å². The summed E-state index contributed by atoms with van der Waals surface area (Å²) in [6.45, 7) is 2.16. The molecule has 3 N–H and O–H groups in total. The number of nitrogens with zero attached hydrogens (tertiary/aromatic N) is 2. The van der Waals surface area contributed by atoms with E-state index in [-0.39, 0.29) is 0 Å². The largest absolute Gasteiger partial charge is 0.384 e. The van der Waals surface area contributed by atoms with Crippen LogP contribution in [-0.2, 0) is 13.5 Å². The minimum Gasteiger partial charge on any atom is -0.384 e. The molecule has 0 atom stereocenters. The van der Waals surface area contributed by atoms with Crippen LogP contribution >= 0.6 is 0 Å². The van der Waals surface area contributed by atoms with Crippen LogP contribution in [0.15, 0.2) is 30.5 Å². The maximum Gasteiger partial charge on any atom is 0.121 e. The Morgan fingerprint density at radius 1 is 1.39 bits per heavy atom. The van der Waals surface area contributed by atoms with Crippen LogP contribution in [0, 0.1) is 0 Å². The fourth-order valence-corrected chi connectivity index (χ4v) is 2.34. The maximum atomic E-state index is 5.84. The van der Waals surface area contributed by atoms with Gasteiger partial charge in [0.05, 0.1) is 5.69 Å². The van der Waals surface area contributed by atoms with Crippen LogP contribution in [0.2, 0.25) is 0 Å². The van der Waals surface area contributed by atoms with Gasteiger partial charge in [-0.2, -0.15) is 5.10 Å². The summed E-state index contributed by atoms with van der Waals surface area (Å²) in [7, 11) is 1.85. The summed E-state index contributed by atoms with van der Waals surface area (Å²) >= 11 is 0. The highest BCUT2D eigenvalue weighted by Crippen LogP contribution is 2.30. The first-order valence-corrected chi connectivity index (χ1v) is 6.09. The fraction of sp³-hybridized carbons (Fsp3) is 0.214. The summed E-state index contributed by atoms with van der Waals surface area (Å²) in [6, 6.07) is 8.26. The van der Waals surface area contributed by atoms with Crippen molar-refractivity contribution in [2.45, 2.75) is 13.3 Å². The van der Waals surface area contributed by atoms with E-state index in [1.54, 1.807) is 4.68 Å². The summed E-state index contributed by atoms with van der Waals surface area (Å²) in [6.07, 6.45) is 3.02. The van der Waals surface area contributed by atoms with Gasteiger partial charge in [-0.3, -0.25) is 4.68 Å². The average molecular weight is 240 g/mol. The van der Waals surface area contributed by atoms with Gasteiger partial charge in [-0.05, 0) is 12.0 Å². The summed E-state index contributed by atoms with van der Waals surface area (Å²) in [5.74, 6) is 0.672. The SMILES string of the molecule is CCc1cccc2c(-c3cc(N)n(C)n3)c[nH]c12. The lowest BCUT2D eigenvalue weighted by molar-refractivity contribution is 0.782. The van der Waals surface area contributed by atoms with Crippen molar-refractivity contribution in [2.75, 3.05) is 5.73 Å². The number of benzene rings is 1. The molecule has 0 saturated heterocycles. The molecule has 0 spiro atoms. The minimum absolute atomic E-state index is 0.672. The third-order valence-corrected chi connectivity index (χ3v) is 3.37. The number of anilines is 1. The molecule has 92 valence electrons. The highest BCUT2D eigenvalue weighted by molar-refractivity contribution is 5.96. The Bertz CT molecular complexity index is 686. The number of para-hydroxylation sites is 1. The normalized spacial score (nSPS) is 11.2. The second-order valence-electron chi connectivity index (χ2n) is 4.47. The molecular weight excluding hydrogens is 224 g/mol. The number of aromatic amines is 1. The molecule has 2 heterocycles. The van der Waals surface area contributed by atoms with E-state index in [1.165, 1.54) is 16.5 Å². The van der Waals surface area contributed by atoms with Crippen LogP contribution in [0.4, 0.5) is 5.82 Å². The molecule has 3 aromatic rings. The monoisotopic (exact) mass is 240 g/mol. The first-order chi connectivity index (χ1) is 8.70. The third-order valence-electron chi connectivity index (χ3n) is 3.37. The number of rotatable bonds is 2. The molecule has 0 saturated carbocycles. The Hall–Kier alpha value is -2.23. The summed E-state index contributed by atoms with van der Waals surface area (Å²) in [4.78, 5) is 3.34. The molecule has 2 aromatic heterocycles. The van der Waals surface area contributed by atoms with Gasteiger partial charge < -0.3 is 10.7 Å². The highest BCUT2D eigenvalue weighted by atomic mass is 15.3. The van der Waals surface area contributed by atoms with Gasteiger partial charge in [0.2, 0.25) is 0 Å². The summed E-state index contributed by atoms with van der Waals surface area (Å²) < 4.78 is 1.69. The molecule has 0 aliphatic carbocycles. The molecule has 0 radical (unpaired) electrons. The molecule has 0 fully saturated rings. The van der Waals surface area contributed by atoms with Gasteiger partial charge in [0, 0.05) is 35.8 Å². The van der Waals surface area contributed by atoms with E-state index in [0.717, 1.165) is 17.7 Å². The lowest BCUT2D eigenvalue weighted by Crippen LogP contribution is -1.96. The van der Waals surface area contributed by atoms with Crippen LogP contribution in [0.1, 0.15) is 12.5 Å². The third kappa shape index (κ3) is 1.49. The molecule has 0 aliphatic heterocycles. The van der Waals surface area contributed by atoms with Gasteiger partial charge in [-0.1, -0.05) is 25.1 Å². The Morgan fingerprint density at radius 3 is 2.89 bits per heavy atom. The zero-order valence-corrected chi connectivity index (χ0v) is 10.6. The van der Waals surface area contributed by atoms with Crippen molar-refractivity contribution in [1.82, 2.24) is 14.8 Å². The van der Waals surface area contributed by atoms with E-state index < -0.39 is 0 Å². The standard InChI is InChI=1S/C14H16N4/c1-3-9-5-4-6-10-11(8-16-14(9)10)12-7-13(15)18(2)17-12/h4-8,16H,3,15H2,1-2H3. The number of aryl methyl sites for hydroxylation is 2. The van der Waals surface area contributed by atoms with Gasteiger partial charge in [0.1, 0.15) is 5.82 Å². The van der Waals surface area contributed by atoms with E-state index in [9.17, 15) is 0 Å². The molecule has 0 amide bonds. The fourth-order valence-electron chi connectivity index (χ4n) is 2.34. The van der Waals surface area contributed by atoms with Crippen LogP contribution in [0.25, 0.3) is 22.2 Å². The predicted molar refractivity (Wildman–Crippen MR) is 74.3 cm³/mol. The zero-order valence-electron chi connectivity index (χ0n) is 10.6. The van der Waals surface area contributed by atoms with Gasteiger partial charge in [-0.25, -0.2) is 0 Å². The Balaban J connectivity index is 2.24. The predicted octanol–water partition coefficient (Wildman–Crippen LogP) is 2.71. The zero-order chi connectivity index (χ0) is 12.7. The molecule has 0 unspecified atom stereocenters. The van der Waals surface area contributed by atoms with Crippen LogP contribution in [0.5, 0.6) is 0 Å². The number of hydrogen-bond acceptors (Lipinski definition) is 2. The molecule has 3 rings (SSSR count). The Labute approximate surface area is 105 Å². The van der Waals surface area contributed by atoms with E-state index in [2.05, 4.69) is 35.2 Å². The van der Waals surface area contributed by atoms with Crippen molar-refractivity contribution < 1.29 is 0 Å². The average Bonchev–Trinajstić information content (AvgIpc) is 2.93. The van der Waals surface area contributed by atoms with Crippen LogP contribution < -0.4 is 5.73 Å². The first kappa shape index (κ1) is 10.9. The van der Waals surface area contributed by atoms with Crippen molar-refractivity contribution in [1.29, 1.82) is 0 Å². The van der Waals surface area contributed by atoms with Crippen molar-refractivity contribution in [3.63, 3.8) is 0 Å². The van der Waals surface area contributed by atoms with E-state index in [1.807, 2.05) is 19.3 Å². The van der Waals surface area contributed by atoms with Crippen LogP contribution in [0.3, 0.4) is 0 Å². The molecule has 0 aliphatic rings. The topological polar surface area (TPSA) is 59.6 Å². The van der Waals surface area contributed by atoms with Gasteiger partial charge in [0.25, 0.3) is 0 Å². The molecule has 0 bridgehead atoms. The molecule has 4 heteroatoms. The number of hydrogen-bond donors (Lipinski definition) is 2. The second-order valence-corrected chi connectivity index (χ2v) is 4.47.